The van der Waals surface area contributed by atoms with Crippen LogP contribution >= 0.6 is 0 Å². The third-order valence-corrected chi connectivity index (χ3v) is 9.26. The zero-order valence-electron chi connectivity index (χ0n) is 25.8. The molecule has 0 aliphatic heterocycles. The van der Waals surface area contributed by atoms with Crippen molar-refractivity contribution < 1.29 is 40.9 Å². The van der Waals surface area contributed by atoms with Crippen LogP contribution in [-0.4, -0.2) is 66.4 Å². The zero-order valence-corrected chi connectivity index (χ0v) is 27.6. The molecule has 0 aromatic heterocycles. The molecule has 4 aromatic carbocycles. The largest absolute Gasteiger partial charge is 0.468 e. The van der Waals surface area contributed by atoms with E-state index in [1.165, 1.54) is 38.3 Å². The molecule has 0 spiro atoms. The Balaban J connectivity index is 0.000000386. The van der Waals surface area contributed by atoms with Crippen molar-refractivity contribution in [1.29, 1.82) is 0 Å². The van der Waals surface area contributed by atoms with E-state index in [-0.39, 0.29) is 22.4 Å². The minimum atomic E-state index is -5.10. The molecule has 0 fully saturated rings. The Bertz CT molecular complexity index is 1670. The number of anilines is 1. The van der Waals surface area contributed by atoms with Crippen LogP contribution in [0.1, 0.15) is 28.4 Å². The number of nitrogens with zero attached hydrogens (tertiary/aromatic N) is 1. The fourth-order valence-electron chi connectivity index (χ4n) is 4.44. The van der Waals surface area contributed by atoms with Crippen molar-refractivity contribution >= 4 is 47.9 Å². The normalized spacial score (nSPS) is 13.0. The molecular weight excluding hydrogens is 669 g/mol. The van der Waals surface area contributed by atoms with Gasteiger partial charge in [0, 0.05) is 0 Å². The number of nitrogens with one attached hydrogen (secondary N) is 1. The number of ether oxygens (including phenoxy) is 1. The van der Waals surface area contributed by atoms with Crippen molar-refractivity contribution in [3.63, 3.8) is 0 Å². The number of benzene rings is 4. The molecule has 0 saturated carbocycles. The van der Waals surface area contributed by atoms with E-state index < -0.39 is 44.0 Å². The molecule has 0 heterocycles. The van der Waals surface area contributed by atoms with E-state index in [2.05, 4.69) is 13.9 Å². The molecule has 4 aromatic rings. The van der Waals surface area contributed by atoms with Gasteiger partial charge in [-0.2, -0.15) is 0 Å². The monoisotopic (exact) mass is 705 g/mol. The van der Waals surface area contributed by atoms with Crippen LogP contribution in [-0.2, 0) is 39.6 Å². The van der Waals surface area contributed by atoms with Crippen molar-refractivity contribution in [3.8, 4) is 0 Å². The summed E-state index contributed by atoms with van der Waals surface area (Å²) in [5.41, 5.74) is 7.89. The molecule has 47 heavy (non-hydrogen) atoms. The van der Waals surface area contributed by atoms with Gasteiger partial charge < -0.3 is 10.5 Å². The molecular formula is C34H36AsN3O9. The van der Waals surface area contributed by atoms with E-state index in [1.54, 1.807) is 54.6 Å². The fraction of sp³-hybridized carbons (Fsp3) is 0.176. The van der Waals surface area contributed by atoms with Crippen molar-refractivity contribution in [2.24, 2.45) is 5.73 Å². The molecule has 3 unspecified atom stereocenters. The summed E-state index contributed by atoms with van der Waals surface area (Å²) in [5, 5.41) is 11.4. The van der Waals surface area contributed by atoms with Gasteiger partial charge in [0.1, 0.15) is 6.04 Å². The topological polar surface area (TPSA) is 186 Å². The molecule has 3 amide bonds. The maximum atomic E-state index is 13.5. The Kier molecular flexibility index (Phi) is 13.8. The van der Waals surface area contributed by atoms with Crippen LogP contribution in [0.4, 0.5) is 5.69 Å². The summed E-state index contributed by atoms with van der Waals surface area (Å²) in [6.07, 6.45) is 0.654. The molecule has 5 N–H and O–H groups in total. The van der Waals surface area contributed by atoms with E-state index >= 15 is 0 Å². The number of carbonyl (C=O) groups excluding carboxylic acids is 4. The first-order chi connectivity index (χ1) is 22.5. The number of rotatable bonds is 11. The SMILES string of the molecule is CC(=O)N(C(=O)C(Cc1ccccc1)NC(=O)c1ccccc1)c1ccc([As](=O)(O)OO)cc1.COC(=O)C(N)Cc1ccccc1. The quantitative estimate of drug-likeness (QED) is 0.0782. The first kappa shape index (κ1) is 36.6. The second-order valence-corrected chi connectivity index (χ2v) is 13.8. The summed E-state index contributed by atoms with van der Waals surface area (Å²) in [4.78, 5) is 50.6. The van der Waals surface area contributed by atoms with Crippen LogP contribution in [0.5, 0.6) is 0 Å². The van der Waals surface area contributed by atoms with E-state index in [0.717, 1.165) is 16.0 Å². The summed E-state index contributed by atoms with van der Waals surface area (Å²) in [6, 6.07) is 30.3. The summed E-state index contributed by atoms with van der Waals surface area (Å²) in [6.45, 7) is 1.20. The average molecular weight is 706 g/mol. The number of hydrogen-bond acceptors (Lipinski definition) is 9. The van der Waals surface area contributed by atoms with Gasteiger partial charge in [-0.3, -0.25) is 4.79 Å². The van der Waals surface area contributed by atoms with Crippen molar-refractivity contribution in [3.05, 3.63) is 132 Å². The predicted octanol–water partition coefficient (Wildman–Crippen LogP) is 2.40. The van der Waals surface area contributed by atoms with E-state index in [0.29, 0.717) is 12.0 Å². The standard InChI is InChI=1S/C24H23AsN2O7.C10H13NO2/c1-17(28)27(21-14-12-20(13-15-21)25(31,32)34-33)24(30)22(16-18-8-4-2-5-9-18)26-23(29)19-10-6-3-7-11-19;1-13-10(12)9(11)7-8-5-3-2-4-6-8/h2-15,22,33H,16H2,1H3,(H,26,29)(H,31,32);2-6,9H,7,11H2,1H3. The van der Waals surface area contributed by atoms with Crippen LogP contribution in [0, 0.1) is 0 Å². The number of amides is 3. The molecule has 0 saturated heterocycles. The minimum Gasteiger partial charge on any atom is -0.468 e. The third-order valence-electron chi connectivity index (χ3n) is 6.80. The maximum absolute atomic E-state index is 13.5. The Labute approximate surface area is 275 Å². The van der Waals surface area contributed by atoms with Gasteiger partial charge in [-0.1, -0.05) is 36.4 Å². The summed E-state index contributed by atoms with van der Waals surface area (Å²) in [5.74, 6) is -2.13. The van der Waals surface area contributed by atoms with Crippen molar-refractivity contribution in [2.75, 3.05) is 12.0 Å². The maximum Gasteiger partial charge on any atom is 0.322 e. The minimum absolute atomic E-state index is 0.127. The van der Waals surface area contributed by atoms with Crippen LogP contribution in [0.25, 0.3) is 0 Å². The molecule has 246 valence electrons. The molecule has 12 nitrogen and oxygen atoms in total. The summed E-state index contributed by atoms with van der Waals surface area (Å²) in [7, 11) is 1.34. The number of esters is 1. The first-order valence-corrected chi connectivity index (χ1v) is 17.7. The number of imide groups is 1. The van der Waals surface area contributed by atoms with Crippen LogP contribution in [0.2, 0.25) is 0 Å². The van der Waals surface area contributed by atoms with Gasteiger partial charge in [0.15, 0.2) is 0 Å². The Hall–Kier alpha value is -4.84. The fourth-order valence-corrected chi connectivity index (χ4v) is 5.74. The van der Waals surface area contributed by atoms with E-state index in [9.17, 15) is 27.0 Å². The molecule has 3 atom stereocenters. The van der Waals surface area contributed by atoms with E-state index in [4.69, 9.17) is 11.0 Å². The molecule has 13 heteroatoms. The van der Waals surface area contributed by atoms with Gasteiger partial charge in [0.05, 0.1) is 7.11 Å². The predicted molar refractivity (Wildman–Crippen MR) is 175 cm³/mol. The van der Waals surface area contributed by atoms with Crippen molar-refractivity contribution in [1.82, 2.24) is 5.32 Å². The smallest absolute Gasteiger partial charge is 0.322 e. The second-order valence-electron chi connectivity index (χ2n) is 10.2. The number of carbonyl (C=O) groups is 4. The molecule has 0 radical (unpaired) electrons. The van der Waals surface area contributed by atoms with Gasteiger partial charge in [-0.25, -0.2) is 0 Å². The summed E-state index contributed by atoms with van der Waals surface area (Å²) < 4.78 is 29.5. The molecule has 0 bridgehead atoms. The van der Waals surface area contributed by atoms with E-state index in [1.807, 2.05) is 36.4 Å². The van der Waals surface area contributed by atoms with Crippen molar-refractivity contribution in [2.45, 2.75) is 31.8 Å². The van der Waals surface area contributed by atoms with Gasteiger partial charge in [0.2, 0.25) is 0 Å². The number of nitrogens with two attached hydrogens (primary N) is 1. The Morgan fingerprint density at radius 1 is 0.809 bits per heavy atom. The Morgan fingerprint density at radius 3 is 1.77 bits per heavy atom. The van der Waals surface area contributed by atoms with Gasteiger partial charge in [-0.05, 0) is 12.0 Å². The van der Waals surface area contributed by atoms with Crippen LogP contribution in [0.3, 0.4) is 0 Å². The second kappa shape index (κ2) is 17.7. The molecule has 4 rings (SSSR count). The molecule has 0 aliphatic rings. The van der Waals surface area contributed by atoms with Gasteiger partial charge >= 0.3 is 199 Å². The molecule has 0 aliphatic carbocycles. The first-order valence-electron chi connectivity index (χ1n) is 14.3. The van der Waals surface area contributed by atoms with Crippen LogP contribution < -0.4 is 20.3 Å². The third kappa shape index (κ3) is 10.9. The van der Waals surface area contributed by atoms with Gasteiger partial charge in [-0.15, -0.1) is 0 Å². The summed E-state index contributed by atoms with van der Waals surface area (Å²) >= 11 is -5.10. The number of hydrogen-bond donors (Lipinski definition) is 4. The van der Waals surface area contributed by atoms with Gasteiger partial charge in [0.25, 0.3) is 0 Å². The Morgan fingerprint density at radius 2 is 1.30 bits per heavy atom. The average Bonchev–Trinajstić information content (AvgIpc) is 3.09. The van der Waals surface area contributed by atoms with Crippen LogP contribution in [0.15, 0.2) is 115 Å². The number of methoxy groups -OCH3 is 1. The zero-order chi connectivity index (χ0) is 34.4.